The molecule has 3 rings (SSSR count). The summed E-state index contributed by atoms with van der Waals surface area (Å²) in [5, 5.41) is 7.79. The maximum atomic E-state index is 13.2. The minimum atomic E-state index is -0.888. The lowest BCUT2D eigenvalue weighted by Gasteiger charge is -2.09. The molecule has 0 saturated carbocycles. The van der Waals surface area contributed by atoms with Crippen molar-refractivity contribution >= 4 is 5.97 Å². The van der Waals surface area contributed by atoms with E-state index in [1.54, 1.807) is 0 Å². The molecule has 128 valence electrons. The van der Waals surface area contributed by atoms with Gasteiger partial charge in [-0.3, -0.25) is 0 Å². The number of hydrogen-bond acceptors (Lipinski definition) is 5. The Bertz CT molecular complexity index is 904. The van der Waals surface area contributed by atoms with Crippen LogP contribution in [0.4, 0.5) is 8.78 Å². The van der Waals surface area contributed by atoms with E-state index in [0.717, 1.165) is 23.3 Å². The van der Waals surface area contributed by atoms with Crippen LogP contribution in [0.15, 0.2) is 46.9 Å². The summed E-state index contributed by atoms with van der Waals surface area (Å²) < 4.78 is 37.0. The predicted molar refractivity (Wildman–Crippen MR) is 84.7 cm³/mol. The maximum Gasteiger partial charge on any atom is 0.339 e. The summed E-state index contributed by atoms with van der Waals surface area (Å²) in [6, 6.07) is 9.94. The van der Waals surface area contributed by atoms with Gasteiger partial charge < -0.3 is 9.15 Å². The van der Waals surface area contributed by atoms with Crippen molar-refractivity contribution < 1.29 is 22.7 Å². The van der Waals surface area contributed by atoms with Gasteiger partial charge in [0.2, 0.25) is 5.89 Å². The third-order valence-corrected chi connectivity index (χ3v) is 3.44. The number of ether oxygens (including phenoxy) is 1. The van der Waals surface area contributed by atoms with Gasteiger partial charge in [0.1, 0.15) is 11.6 Å². The molecule has 3 aromatic rings. The fraction of sp³-hybridized carbons (Fsp3) is 0.167. The smallest absolute Gasteiger partial charge is 0.339 e. The quantitative estimate of drug-likeness (QED) is 0.662. The first-order chi connectivity index (χ1) is 11.9. The molecule has 0 amide bonds. The third kappa shape index (κ3) is 3.88. The highest BCUT2D eigenvalue weighted by atomic mass is 19.1. The van der Waals surface area contributed by atoms with E-state index in [1.165, 1.54) is 6.92 Å². The van der Waals surface area contributed by atoms with Crippen LogP contribution in [0.1, 0.15) is 34.8 Å². The van der Waals surface area contributed by atoms with Crippen LogP contribution in [0.5, 0.6) is 0 Å². The lowest BCUT2D eigenvalue weighted by atomic mass is 10.1. The molecule has 1 aromatic heterocycles. The number of benzene rings is 2. The zero-order valence-corrected chi connectivity index (χ0v) is 13.5. The molecule has 0 aliphatic rings. The lowest BCUT2D eigenvalue weighted by Crippen LogP contribution is -2.10. The van der Waals surface area contributed by atoms with Crippen LogP contribution in [0.2, 0.25) is 0 Å². The Morgan fingerprint density at radius 1 is 1.12 bits per heavy atom. The van der Waals surface area contributed by atoms with E-state index in [1.807, 2.05) is 31.2 Å². The Hall–Kier alpha value is -3.09. The Morgan fingerprint density at radius 2 is 1.84 bits per heavy atom. The van der Waals surface area contributed by atoms with Gasteiger partial charge in [-0.25, -0.2) is 13.6 Å². The van der Waals surface area contributed by atoms with Gasteiger partial charge >= 0.3 is 5.97 Å². The zero-order valence-electron chi connectivity index (χ0n) is 13.5. The number of rotatable bonds is 4. The molecular formula is C18H14F2N2O3. The molecule has 0 saturated heterocycles. The van der Waals surface area contributed by atoms with Gasteiger partial charge in [-0.1, -0.05) is 17.7 Å². The van der Waals surface area contributed by atoms with Crippen molar-refractivity contribution in [1.82, 2.24) is 10.2 Å². The summed E-state index contributed by atoms with van der Waals surface area (Å²) in [5.41, 5.74) is 1.54. The van der Waals surface area contributed by atoms with Gasteiger partial charge in [0.05, 0.1) is 5.56 Å². The molecule has 0 N–H and O–H groups in total. The highest BCUT2D eigenvalue weighted by Crippen LogP contribution is 2.24. The van der Waals surface area contributed by atoms with Gasteiger partial charge in [0.15, 0.2) is 6.10 Å². The predicted octanol–water partition coefficient (Wildman–Crippen LogP) is 4.24. The summed E-state index contributed by atoms with van der Waals surface area (Å²) in [7, 11) is 0. The SMILES string of the molecule is Cc1cccc(-c2nnc([C@H](C)OC(=O)c3cc(F)cc(F)c3)o2)c1. The number of carbonyl (C=O) groups excluding carboxylic acids is 1. The maximum absolute atomic E-state index is 13.2. The number of nitrogens with zero attached hydrogens (tertiary/aromatic N) is 2. The van der Waals surface area contributed by atoms with Crippen molar-refractivity contribution in [2.75, 3.05) is 0 Å². The van der Waals surface area contributed by atoms with Crippen molar-refractivity contribution in [3.8, 4) is 11.5 Å². The Kier molecular flexibility index (Phi) is 4.56. The average Bonchev–Trinajstić information content (AvgIpc) is 3.04. The summed E-state index contributed by atoms with van der Waals surface area (Å²) in [6.45, 7) is 3.46. The molecule has 5 nitrogen and oxygen atoms in total. The monoisotopic (exact) mass is 344 g/mol. The molecule has 7 heteroatoms. The van der Waals surface area contributed by atoms with E-state index < -0.39 is 23.7 Å². The second-order valence-corrected chi connectivity index (χ2v) is 5.52. The number of aryl methyl sites for hydroxylation is 1. The molecule has 1 heterocycles. The summed E-state index contributed by atoms with van der Waals surface area (Å²) >= 11 is 0. The van der Waals surface area contributed by atoms with E-state index in [2.05, 4.69) is 10.2 Å². The summed E-state index contributed by atoms with van der Waals surface area (Å²) in [5.74, 6) is -2.24. The molecule has 0 unspecified atom stereocenters. The van der Waals surface area contributed by atoms with Crippen LogP contribution in [0.25, 0.3) is 11.5 Å². The standard InChI is InChI=1S/C18H14F2N2O3/c1-10-4-3-5-12(6-10)17-22-21-16(25-17)11(2)24-18(23)13-7-14(19)9-15(20)8-13/h3-9,11H,1-2H3/t11-/m0/s1. The Balaban J connectivity index is 1.75. The van der Waals surface area contributed by atoms with E-state index in [9.17, 15) is 13.6 Å². The van der Waals surface area contributed by atoms with Crippen LogP contribution in [0, 0.1) is 18.6 Å². The van der Waals surface area contributed by atoms with Crippen molar-refractivity contribution in [2.24, 2.45) is 0 Å². The summed E-state index contributed by atoms with van der Waals surface area (Å²) in [4.78, 5) is 12.0. The summed E-state index contributed by atoms with van der Waals surface area (Å²) in [6.07, 6.45) is -0.870. The highest BCUT2D eigenvalue weighted by molar-refractivity contribution is 5.89. The van der Waals surface area contributed by atoms with Gasteiger partial charge in [-0.15, -0.1) is 10.2 Å². The minimum absolute atomic E-state index is 0.0849. The van der Waals surface area contributed by atoms with Gasteiger partial charge in [-0.2, -0.15) is 0 Å². The molecule has 25 heavy (non-hydrogen) atoms. The second kappa shape index (κ2) is 6.80. The molecule has 2 aromatic carbocycles. The number of aromatic nitrogens is 2. The van der Waals surface area contributed by atoms with Crippen molar-refractivity contribution in [2.45, 2.75) is 20.0 Å². The third-order valence-electron chi connectivity index (χ3n) is 3.44. The van der Waals surface area contributed by atoms with Crippen LogP contribution in [-0.4, -0.2) is 16.2 Å². The van der Waals surface area contributed by atoms with Crippen LogP contribution < -0.4 is 0 Å². The molecule has 0 aliphatic carbocycles. The fourth-order valence-electron chi connectivity index (χ4n) is 2.24. The van der Waals surface area contributed by atoms with Crippen LogP contribution in [-0.2, 0) is 4.74 Å². The number of esters is 1. The highest BCUT2D eigenvalue weighted by Gasteiger charge is 2.20. The Labute approximate surface area is 142 Å². The molecule has 0 aliphatic heterocycles. The number of hydrogen-bond donors (Lipinski definition) is 0. The molecule has 0 fully saturated rings. The number of halogens is 2. The van der Waals surface area contributed by atoms with Crippen LogP contribution >= 0.6 is 0 Å². The zero-order chi connectivity index (χ0) is 18.0. The topological polar surface area (TPSA) is 65.2 Å². The van der Waals surface area contributed by atoms with Crippen molar-refractivity contribution in [3.05, 3.63) is 71.1 Å². The lowest BCUT2D eigenvalue weighted by molar-refractivity contribution is 0.0278. The first-order valence-electron chi connectivity index (χ1n) is 7.50. The van der Waals surface area contributed by atoms with E-state index in [4.69, 9.17) is 9.15 Å². The first kappa shape index (κ1) is 16.8. The molecule has 0 spiro atoms. The normalized spacial score (nSPS) is 12.0. The molecular weight excluding hydrogens is 330 g/mol. The second-order valence-electron chi connectivity index (χ2n) is 5.52. The first-order valence-corrected chi connectivity index (χ1v) is 7.50. The van der Waals surface area contributed by atoms with Crippen molar-refractivity contribution in [3.63, 3.8) is 0 Å². The number of carbonyl (C=O) groups is 1. The van der Waals surface area contributed by atoms with Crippen LogP contribution in [0.3, 0.4) is 0 Å². The Morgan fingerprint density at radius 3 is 2.52 bits per heavy atom. The molecule has 1 atom stereocenters. The van der Waals surface area contributed by atoms with E-state index in [0.29, 0.717) is 12.0 Å². The molecule has 0 radical (unpaired) electrons. The largest absolute Gasteiger partial charge is 0.449 e. The van der Waals surface area contributed by atoms with E-state index >= 15 is 0 Å². The van der Waals surface area contributed by atoms with E-state index in [-0.39, 0.29) is 11.5 Å². The fourth-order valence-corrected chi connectivity index (χ4v) is 2.24. The van der Waals surface area contributed by atoms with Gasteiger partial charge in [0, 0.05) is 11.6 Å². The average molecular weight is 344 g/mol. The van der Waals surface area contributed by atoms with Gasteiger partial charge in [-0.05, 0) is 38.1 Å². The van der Waals surface area contributed by atoms with Gasteiger partial charge in [0.25, 0.3) is 5.89 Å². The van der Waals surface area contributed by atoms with Crippen molar-refractivity contribution in [1.29, 1.82) is 0 Å². The molecule has 0 bridgehead atoms. The minimum Gasteiger partial charge on any atom is -0.449 e.